The van der Waals surface area contributed by atoms with E-state index in [4.69, 9.17) is 23.7 Å². The highest BCUT2D eigenvalue weighted by Crippen LogP contribution is 2.37. The van der Waals surface area contributed by atoms with Gasteiger partial charge in [0.2, 0.25) is 6.79 Å². The number of methoxy groups -OCH3 is 1. The van der Waals surface area contributed by atoms with Gasteiger partial charge in [0.25, 0.3) is 5.91 Å². The molecule has 0 unspecified atom stereocenters. The summed E-state index contributed by atoms with van der Waals surface area (Å²) in [6.07, 6.45) is 0.426. The van der Waals surface area contributed by atoms with E-state index in [9.17, 15) is 14.4 Å². The molecule has 4 rings (SSSR count). The van der Waals surface area contributed by atoms with Crippen LogP contribution in [-0.4, -0.2) is 45.0 Å². The van der Waals surface area contributed by atoms with Crippen LogP contribution in [0.25, 0.3) is 0 Å². The lowest BCUT2D eigenvalue weighted by Gasteiger charge is -2.10. The molecule has 1 N–H and O–H groups in total. The molecular weight excluding hydrogens is 486 g/mol. The minimum atomic E-state index is -0.649. The maximum absolute atomic E-state index is 12.9. The second-order valence-corrected chi connectivity index (χ2v) is 9.00. The molecule has 188 valence electrons. The maximum atomic E-state index is 12.9. The molecule has 0 radical (unpaired) electrons. The van der Waals surface area contributed by atoms with E-state index >= 15 is 0 Å². The van der Waals surface area contributed by atoms with Gasteiger partial charge < -0.3 is 29.0 Å². The van der Waals surface area contributed by atoms with Crippen molar-refractivity contribution in [3.05, 3.63) is 69.6 Å². The van der Waals surface area contributed by atoms with Gasteiger partial charge in [-0.1, -0.05) is 6.07 Å². The Labute approximate surface area is 211 Å². The summed E-state index contributed by atoms with van der Waals surface area (Å²) in [6.45, 7) is 3.43. The molecule has 36 heavy (non-hydrogen) atoms. The highest BCUT2D eigenvalue weighted by molar-refractivity contribution is 7.16. The Morgan fingerprint density at radius 2 is 1.75 bits per heavy atom. The number of benzene rings is 2. The highest BCUT2D eigenvalue weighted by atomic mass is 32.1. The van der Waals surface area contributed by atoms with Crippen molar-refractivity contribution < 1.29 is 38.1 Å². The minimum absolute atomic E-state index is 0.170. The van der Waals surface area contributed by atoms with Gasteiger partial charge >= 0.3 is 11.9 Å². The molecule has 0 spiro atoms. The van der Waals surface area contributed by atoms with Crippen molar-refractivity contribution in [1.29, 1.82) is 0 Å². The summed E-state index contributed by atoms with van der Waals surface area (Å²) in [6, 6.07) is 11.9. The number of esters is 2. The molecule has 9 nitrogen and oxygen atoms in total. The van der Waals surface area contributed by atoms with Gasteiger partial charge in [-0.3, -0.25) is 4.79 Å². The summed E-state index contributed by atoms with van der Waals surface area (Å²) in [7, 11) is 1.52. The lowest BCUT2D eigenvalue weighted by molar-refractivity contribution is -0.119. The van der Waals surface area contributed by atoms with E-state index in [0.29, 0.717) is 28.7 Å². The Hall–Kier alpha value is -4.05. The monoisotopic (exact) mass is 511 g/mol. The van der Waals surface area contributed by atoms with E-state index in [1.807, 2.05) is 25.1 Å². The zero-order valence-electron chi connectivity index (χ0n) is 20.0. The molecule has 1 aliphatic rings. The van der Waals surface area contributed by atoms with Crippen LogP contribution in [0.3, 0.4) is 0 Å². The van der Waals surface area contributed by atoms with E-state index in [1.165, 1.54) is 18.4 Å². The molecule has 0 saturated carbocycles. The number of fused-ring (bicyclic) bond motifs is 1. The SMILES string of the molecule is CCOC(=O)c1c(NC(=O)COC(=O)c2ccc(OC)cc2)sc(C)c1Cc1ccc2c(c1)OCO2. The Balaban J connectivity index is 1.49. The molecule has 1 amide bonds. The fraction of sp³-hybridized carbons (Fsp3) is 0.269. The van der Waals surface area contributed by atoms with Gasteiger partial charge in [-0.15, -0.1) is 11.3 Å². The van der Waals surface area contributed by atoms with E-state index in [2.05, 4.69) is 5.32 Å². The van der Waals surface area contributed by atoms with Crippen LogP contribution < -0.4 is 19.5 Å². The average Bonchev–Trinajstić information content (AvgIpc) is 3.46. The quantitative estimate of drug-likeness (QED) is 0.422. The minimum Gasteiger partial charge on any atom is -0.497 e. The first-order valence-electron chi connectivity index (χ1n) is 11.2. The number of hydrogen-bond acceptors (Lipinski definition) is 9. The Bertz CT molecular complexity index is 1280. The first-order chi connectivity index (χ1) is 17.4. The molecule has 2 aromatic carbocycles. The number of rotatable bonds is 9. The van der Waals surface area contributed by atoms with E-state index in [0.717, 1.165) is 16.0 Å². The molecule has 0 fully saturated rings. The van der Waals surface area contributed by atoms with Crippen LogP contribution in [0.5, 0.6) is 17.2 Å². The highest BCUT2D eigenvalue weighted by Gasteiger charge is 2.25. The van der Waals surface area contributed by atoms with Gasteiger partial charge in [0.05, 0.1) is 24.8 Å². The largest absolute Gasteiger partial charge is 0.497 e. The summed E-state index contributed by atoms with van der Waals surface area (Å²) in [5.41, 5.74) is 2.22. The topological polar surface area (TPSA) is 109 Å². The van der Waals surface area contributed by atoms with Gasteiger partial charge in [-0.25, -0.2) is 9.59 Å². The number of amides is 1. The zero-order valence-corrected chi connectivity index (χ0v) is 20.9. The predicted molar refractivity (Wildman–Crippen MR) is 132 cm³/mol. The van der Waals surface area contributed by atoms with Crippen molar-refractivity contribution in [3.63, 3.8) is 0 Å². The molecule has 3 aromatic rings. The molecule has 0 saturated heterocycles. The lowest BCUT2D eigenvalue weighted by atomic mass is 10.0. The average molecular weight is 512 g/mol. The van der Waals surface area contributed by atoms with Crippen molar-refractivity contribution in [3.8, 4) is 17.2 Å². The smallest absolute Gasteiger partial charge is 0.341 e. The van der Waals surface area contributed by atoms with Gasteiger partial charge in [0, 0.05) is 4.88 Å². The molecule has 1 aliphatic heterocycles. The number of carbonyl (C=O) groups is 3. The van der Waals surface area contributed by atoms with Crippen LogP contribution in [0.15, 0.2) is 42.5 Å². The summed E-state index contributed by atoms with van der Waals surface area (Å²) < 4.78 is 26.3. The van der Waals surface area contributed by atoms with Gasteiger partial charge in [0.15, 0.2) is 18.1 Å². The van der Waals surface area contributed by atoms with Gasteiger partial charge in [0.1, 0.15) is 10.8 Å². The fourth-order valence-electron chi connectivity index (χ4n) is 3.66. The van der Waals surface area contributed by atoms with Crippen molar-refractivity contribution in [2.45, 2.75) is 20.3 Å². The number of hydrogen-bond donors (Lipinski definition) is 1. The van der Waals surface area contributed by atoms with Crippen LogP contribution in [0.1, 0.15) is 43.6 Å². The zero-order chi connectivity index (χ0) is 25.7. The molecule has 0 aliphatic carbocycles. The third kappa shape index (κ3) is 5.60. The number of carbonyl (C=O) groups excluding carboxylic acids is 3. The van der Waals surface area contributed by atoms with Crippen molar-refractivity contribution in [2.24, 2.45) is 0 Å². The number of ether oxygens (including phenoxy) is 5. The van der Waals surface area contributed by atoms with Crippen LogP contribution in [0.4, 0.5) is 5.00 Å². The molecule has 2 heterocycles. The van der Waals surface area contributed by atoms with Crippen LogP contribution in [0.2, 0.25) is 0 Å². The van der Waals surface area contributed by atoms with Gasteiger partial charge in [-0.05, 0) is 67.8 Å². The molecule has 0 bridgehead atoms. The second kappa shape index (κ2) is 11.1. The molecule has 10 heteroatoms. The van der Waals surface area contributed by atoms with Crippen LogP contribution in [0, 0.1) is 6.92 Å². The molecule has 0 atom stereocenters. The summed E-state index contributed by atoms with van der Waals surface area (Å²) >= 11 is 1.26. The first-order valence-corrected chi connectivity index (χ1v) is 12.0. The predicted octanol–water partition coefficient (Wildman–Crippen LogP) is 4.36. The Morgan fingerprint density at radius 3 is 2.47 bits per heavy atom. The van der Waals surface area contributed by atoms with E-state index in [1.54, 1.807) is 31.2 Å². The first kappa shape index (κ1) is 25.1. The Kier molecular flexibility index (Phi) is 7.74. The summed E-state index contributed by atoms with van der Waals surface area (Å²) in [4.78, 5) is 38.6. The van der Waals surface area contributed by atoms with Crippen LogP contribution in [-0.2, 0) is 20.7 Å². The third-order valence-electron chi connectivity index (χ3n) is 5.42. The fourth-order valence-corrected chi connectivity index (χ4v) is 4.74. The number of thiophene rings is 1. The van der Waals surface area contributed by atoms with Crippen LogP contribution >= 0.6 is 11.3 Å². The van der Waals surface area contributed by atoms with Crippen molar-refractivity contribution in [2.75, 3.05) is 32.4 Å². The normalized spacial score (nSPS) is 11.6. The molecular formula is C26H25NO8S. The third-order valence-corrected chi connectivity index (χ3v) is 6.48. The van der Waals surface area contributed by atoms with E-state index in [-0.39, 0.29) is 24.5 Å². The van der Waals surface area contributed by atoms with Gasteiger partial charge in [-0.2, -0.15) is 0 Å². The second-order valence-electron chi connectivity index (χ2n) is 7.78. The van der Waals surface area contributed by atoms with Crippen molar-refractivity contribution >= 4 is 34.2 Å². The number of nitrogens with one attached hydrogen (secondary N) is 1. The lowest BCUT2D eigenvalue weighted by Crippen LogP contribution is -2.22. The maximum Gasteiger partial charge on any atom is 0.341 e. The molecule has 1 aromatic heterocycles. The number of aryl methyl sites for hydroxylation is 1. The summed E-state index contributed by atoms with van der Waals surface area (Å²) in [5.74, 6) is 0.153. The van der Waals surface area contributed by atoms with Crippen molar-refractivity contribution in [1.82, 2.24) is 0 Å². The summed E-state index contributed by atoms with van der Waals surface area (Å²) in [5, 5.41) is 3.04. The number of anilines is 1. The standard InChI is InChI=1S/C26H25NO8S/c1-4-32-26(30)23-19(11-16-5-10-20-21(12-16)35-14-34-20)15(2)36-24(23)27-22(28)13-33-25(29)17-6-8-18(31-3)9-7-17/h5-10,12H,4,11,13-14H2,1-3H3,(H,27,28). The van der Waals surface area contributed by atoms with E-state index < -0.39 is 24.5 Å². The Morgan fingerprint density at radius 1 is 1.00 bits per heavy atom.